The van der Waals surface area contributed by atoms with Gasteiger partial charge in [0.1, 0.15) is 0 Å². The number of halogens is 2. The molecule has 0 aliphatic heterocycles. The van der Waals surface area contributed by atoms with Crippen molar-refractivity contribution in [1.82, 2.24) is 19.7 Å². The SMILES string of the molecule is Cn1ccnc1-c1noc(-c2cc(Br)cc(Br)c2N)n1. The molecule has 0 unspecified atom stereocenters. The largest absolute Gasteiger partial charge is 0.397 e. The summed E-state index contributed by atoms with van der Waals surface area (Å²) in [5.41, 5.74) is 7.24. The molecule has 0 amide bonds. The van der Waals surface area contributed by atoms with Gasteiger partial charge in [-0.3, -0.25) is 0 Å². The van der Waals surface area contributed by atoms with Crippen LogP contribution in [0.4, 0.5) is 5.69 Å². The van der Waals surface area contributed by atoms with Gasteiger partial charge in [0, 0.05) is 28.4 Å². The Morgan fingerprint density at radius 1 is 1.30 bits per heavy atom. The first kappa shape index (κ1) is 13.3. The predicted molar refractivity (Wildman–Crippen MR) is 81.7 cm³/mol. The van der Waals surface area contributed by atoms with Crippen LogP contribution < -0.4 is 5.73 Å². The highest BCUT2D eigenvalue weighted by molar-refractivity contribution is 9.11. The fraction of sp³-hybridized carbons (Fsp3) is 0.0833. The summed E-state index contributed by atoms with van der Waals surface area (Å²) in [5, 5.41) is 3.94. The molecule has 0 atom stereocenters. The summed E-state index contributed by atoms with van der Waals surface area (Å²) >= 11 is 6.80. The van der Waals surface area contributed by atoms with Crippen molar-refractivity contribution in [3.05, 3.63) is 33.5 Å². The Hall–Kier alpha value is -1.67. The van der Waals surface area contributed by atoms with Gasteiger partial charge >= 0.3 is 0 Å². The van der Waals surface area contributed by atoms with Crippen molar-refractivity contribution < 1.29 is 4.52 Å². The van der Waals surface area contributed by atoms with Crippen LogP contribution in [-0.4, -0.2) is 19.7 Å². The molecule has 3 rings (SSSR count). The van der Waals surface area contributed by atoms with Crippen LogP contribution >= 0.6 is 31.9 Å². The maximum absolute atomic E-state index is 6.03. The van der Waals surface area contributed by atoms with Crippen molar-refractivity contribution in [3.63, 3.8) is 0 Å². The van der Waals surface area contributed by atoms with Gasteiger partial charge in [-0.15, -0.1) is 0 Å². The molecule has 0 aliphatic rings. The van der Waals surface area contributed by atoms with Crippen molar-refractivity contribution in [1.29, 1.82) is 0 Å². The number of rotatable bonds is 2. The number of nitrogens with two attached hydrogens (primary N) is 1. The number of aryl methyl sites for hydroxylation is 1. The van der Waals surface area contributed by atoms with E-state index in [1.165, 1.54) is 0 Å². The topological polar surface area (TPSA) is 82.8 Å². The van der Waals surface area contributed by atoms with Gasteiger partial charge in [0.2, 0.25) is 5.82 Å². The standard InChI is InChI=1S/C12H9Br2N5O/c1-19-3-2-16-11(19)10-17-12(20-18-10)7-4-6(13)5-8(14)9(7)15/h2-5H,15H2,1H3. The number of nitrogens with zero attached hydrogens (tertiary/aromatic N) is 4. The highest BCUT2D eigenvalue weighted by atomic mass is 79.9. The van der Waals surface area contributed by atoms with Gasteiger partial charge in [-0.05, 0) is 28.1 Å². The van der Waals surface area contributed by atoms with E-state index < -0.39 is 0 Å². The Morgan fingerprint density at radius 3 is 2.80 bits per heavy atom. The summed E-state index contributed by atoms with van der Waals surface area (Å²) in [7, 11) is 1.86. The molecule has 6 nitrogen and oxygen atoms in total. The zero-order valence-electron chi connectivity index (χ0n) is 10.3. The molecule has 1 aromatic carbocycles. The molecule has 0 saturated heterocycles. The number of nitrogen functional groups attached to an aromatic ring is 1. The Labute approximate surface area is 131 Å². The second-order valence-corrected chi connectivity index (χ2v) is 5.90. The van der Waals surface area contributed by atoms with Crippen LogP contribution in [0.2, 0.25) is 0 Å². The van der Waals surface area contributed by atoms with Crippen molar-refractivity contribution in [2.24, 2.45) is 7.05 Å². The lowest BCUT2D eigenvalue weighted by Gasteiger charge is -2.04. The van der Waals surface area contributed by atoms with Crippen LogP contribution in [0.1, 0.15) is 0 Å². The van der Waals surface area contributed by atoms with E-state index in [4.69, 9.17) is 10.3 Å². The third kappa shape index (κ3) is 2.25. The number of imidazole rings is 1. The average Bonchev–Trinajstić information content (AvgIpc) is 3.02. The lowest BCUT2D eigenvalue weighted by Crippen LogP contribution is -1.94. The monoisotopic (exact) mass is 397 g/mol. The minimum Gasteiger partial charge on any atom is -0.397 e. The first-order valence-electron chi connectivity index (χ1n) is 5.62. The van der Waals surface area contributed by atoms with E-state index in [0.717, 1.165) is 8.95 Å². The quantitative estimate of drug-likeness (QED) is 0.670. The normalized spacial score (nSPS) is 10.9. The summed E-state index contributed by atoms with van der Waals surface area (Å²) in [5.74, 6) is 1.40. The van der Waals surface area contributed by atoms with Crippen LogP contribution in [0.25, 0.3) is 23.1 Å². The summed E-state index contributed by atoms with van der Waals surface area (Å²) in [6.45, 7) is 0. The second-order valence-electron chi connectivity index (χ2n) is 4.13. The number of hydrogen-bond donors (Lipinski definition) is 1. The van der Waals surface area contributed by atoms with E-state index >= 15 is 0 Å². The van der Waals surface area contributed by atoms with Crippen molar-refractivity contribution >= 4 is 37.5 Å². The van der Waals surface area contributed by atoms with Crippen LogP contribution in [-0.2, 0) is 7.05 Å². The highest BCUT2D eigenvalue weighted by Gasteiger charge is 2.17. The Balaban J connectivity index is 2.09. The molecule has 0 bridgehead atoms. The smallest absolute Gasteiger partial charge is 0.260 e. The van der Waals surface area contributed by atoms with Crippen molar-refractivity contribution in [2.45, 2.75) is 0 Å². The van der Waals surface area contributed by atoms with Gasteiger partial charge in [0.15, 0.2) is 5.82 Å². The predicted octanol–water partition coefficient (Wildman–Crippen LogP) is 3.24. The first-order valence-corrected chi connectivity index (χ1v) is 7.21. The maximum atomic E-state index is 6.03. The number of aromatic nitrogens is 4. The molecule has 0 saturated carbocycles. The third-order valence-corrected chi connectivity index (χ3v) is 3.89. The number of hydrogen-bond acceptors (Lipinski definition) is 5. The summed E-state index contributed by atoms with van der Waals surface area (Å²) in [6, 6.07) is 3.69. The van der Waals surface area contributed by atoms with Crippen LogP contribution in [0.15, 0.2) is 38.0 Å². The molecule has 2 aromatic heterocycles. The molecular formula is C12H9Br2N5O. The Morgan fingerprint density at radius 2 is 2.10 bits per heavy atom. The molecule has 20 heavy (non-hydrogen) atoms. The zero-order chi connectivity index (χ0) is 14.3. The molecular weight excluding hydrogens is 390 g/mol. The van der Waals surface area contributed by atoms with Crippen molar-refractivity contribution in [2.75, 3.05) is 5.73 Å². The number of benzene rings is 1. The minimum absolute atomic E-state index is 0.350. The molecule has 2 N–H and O–H groups in total. The molecule has 0 radical (unpaired) electrons. The Kier molecular flexibility index (Phi) is 3.35. The van der Waals surface area contributed by atoms with Gasteiger partial charge < -0.3 is 14.8 Å². The third-order valence-electron chi connectivity index (χ3n) is 2.77. The summed E-state index contributed by atoms with van der Waals surface area (Å²) in [4.78, 5) is 8.52. The molecule has 0 aliphatic carbocycles. The average molecular weight is 399 g/mol. The van der Waals surface area contributed by atoms with E-state index in [1.54, 1.807) is 6.20 Å². The zero-order valence-corrected chi connectivity index (χ0v) is 13.5. The minimum atomic E-state index is 0.350. The maximum Gasteiger partial charge on any atom is 0.260 e. The first-order chi connectivity index (χ1) is 9.56. The Bertz CT molecular complexity index is 780. The highest BCUT2D eigenvalue weighted by Crippen LogP contribution is 2.34. The molecule has 2 heterocycles. The van der Waals surface area contributed by atoms with Gasteiger partial charge in [0.25, 0.3) is 5.89 Å². The molecule has 0 fully saturated rings. The summed E-state index contributed by atoms with van der Waals surface area (Å²) in [6.07, 6.45) is 3.49. The van der Waals surface area contributed by atoms with Crippen LogP contribution in [0.5, 0.6) is 0 Å². The molecule has 0 spiro atoms. The van der Waals surface area contributed by atoms with Gasteiger partial charge in [0.05, 0.1) is 11.3 Å². The van der Waals surface area contributed by atoms with E-state index in [9.17, 15) is 0 Å². The molecule has 102 valence electrons. The van der Waals surface area contributed by atoms with Gasteiger partial charge in [-0.2, -0.15) is 4.98 Å². The van der Waals surface area contributed by atoms with Crippen LogP contribution in [0.3, 0.4) is 0 Å². The van der Waals surface area contributed by atoms with E-state index in [2.05, 4.69) is 47.0 Å². The van der Waals surface area contributed by atoms with Crippen molar-refractivity contribution in [3.8, 4) is 23.1 Å². The lowest BCUT2D eigenvalue weighted by atomic mass is 10.2. The van der Waals surface area contributed by atoms with E-state index in [0.29, 0.717) is 28.8 Å². The molecule has 3 aromatic rings. The van der Waals surface area contributed by atoms with Gasteiger partial charge in [-0.25, -0.2) is 4.98 Å². The molecule has 8 heteroatoms. The van der Waals surface area contributed by atoms with E-state index in [-0.39, 0.29) is 0 Å². The fourth-order valence-corrected chi connectivity index (χ4v) is 2.99. The van der Waals surface area contributed by atoms with Gasteiger partial charge in [-0.1, -0.05) is 21.1 Å². The van der Waals surface area contributed by atoms with E-state index in [1.807, 2.05) is 29.9 Å². The summed E-state index contributed by atoms with van der Waals surface area (Å²) < 4.78 is 8.73. The fourth-order valence-electron chi connectivity index (χ4n) is 1.77. The van der Waals surface area contributed by atoms with Crippen LogP contribution in [0, 0.1) is 0 Å². The second kappa shape index (κ2) is 5.02. The number of anilines is 1. The lowest BCUT2D eigenvalue weighted by molar-refractivity contribution is 0.432.